The van der Waals surface area contributed by atoms with Crippen LogP contribution in [0.2, 0.25) is 5.02 Å². The molecule has 3 heterocycles. The largest absolute Gasteiger partial charge is 0.326 e. The summed E-state index contributed by atoms with van der Waals surface area (Å²) >= 11 is 7.62. The van der Waals surface area contributed by atoms with Crippen LogP contribution in [0.5, 0.6) is 0 Å². The monoisotopic (exact) mass is 570 g/mol. The van der Waals surface area contributed by atoms with Gasteiger partial charge in [-0.3, -0.25) is 9.98 Å². The average molecular weight is 571 g/mol. The van der Waals surface area contributed by atoms with E-state index in [0.29, 0.717) is 36.7 Å². The van der Waals surface area contributed by atoms with Crippen molar-refractivity contribution in [2.45, 2.75) is 61.5 Å². The maximum Gasteiger partial charge on any atom is 0.223 e. The summed E-state index contributed by atoms with van der Waals surface area (Å²) in [5, 5.41) is 0.178. The third kappa shape index (κ3) is 5.79. The Morgan fingerprint density at radius 1 is 1.18 bits per heavy atom. The molecule has 1 saturated heterocycles. The van der Waals surface area contributed by atoms with Crippen LogP contribution in [0.15, 0.2) is 58.9 Å². The minimum Gasteiger partial charge on any atom is -0.326 e. The first-order valence-electron chi connectivity index (χ1n) is 13.0. The third-order valence-electron chi connectivity index (χ3n) is 7.19. The summed E-state index contributed by atoms with van der Waals surface area (Å²) in [7, 11) is -3.29. The number of sulfonamides is 1. The number of nitrogens with one attached hydrogen (secondary N) is 1. The lowest BCUT2D eigenvalue weighted by Gasteiger charge is -2.31. The molecule has 2 unspecified atom stereocenters. The first-order chi connectivity index (χ1) is 18.4. The fourth-order valence-electron chi connectivity index (χ4n) is 4.80. The van der Waals surface area contributed by atoms with E-state index >= 15 is 0 Å². The Bertz CT molecular complexity index is 1460. The summed E-state index contributed by atoms with van der Waals surface area (Å²) in [5.74, 6) is 7.76. The van der Waals surface area contributed by atoms with Crippen LogP contribution in [0.1, 0.15) is 49.8 Å². The molecule has 0 bridgehead atoms. The maximum absolute atomic E-state index is 13.6. The molecule has 2 atom stereocenters. The number of aromatic nitrogens is 1. The fourth-order valence-corrected chi connectivity index (χ4v) is 7.90. The Kier molecular flexibility index (Phi) is 7.25. The second kappa shape index (κ2) is 10.6. The molecule has 2 aliphatic heterocycles. The highest BCUT2D eigenvalue weighted by Crippen LogP contribution is 2.39. The number of aliphatic imine (C=N–C) groups is 1. The van der Waals surface area contributed by atoms with E-state index in [9.17, 15) is 12.8 Å². The van der Waals surface area contributed by atoms with Crippen LogP contribution >= 0.6 is 23.5 Å². The smallest absolute Gasteiger partial charge is 0.223 e. The average Bonchev–Trinajstić information content (AvgIpc) is 3.84. The van der Waals surface area contributed by atoms with Gasteiger partial charge in [0.1, 0.15) is 11.5 Å². The number of hydrogen-bond acceptors (Lipinski definition) is 6. The van der Waals surface area contributed by atoms with Crippen LogP contribution in [-0.2, 0) is 16.4 Å². The number of fused-ring (bicyclic) bond motifs is 1. The minimum atomic E-state index is -3.29. The molecular weight excluding hydrogens is 543 g/mol. The van der Waals surface area contributed by atoms with E-state index in [-0.39, 0.29) is 22.4 Å². The standard InChI is InChI=1S/C28H28ClFN4O2S2/c29-24-15-20(30)9-7-19(24)8-13-25-23(12-6-18-4-5-18)27-16-21(37-33-38(35,36)22-10-11-22)17-34(27)28(32-25)26-3-1-2-14-31-26/h1-3,7,9,14-15,18,21-22,25,33H,4-5,8,10-11,13,16-17H2. The van der Waals surface area contributed by atoms with Gasteiger partial charge in [0.05, 0.1) is 11.3 Å². The van der Waals surface area contributed by atoms with Gasteiger partial charge in [-0.1, -0.05) is 47.5 Å². The van der Waals surface area contributed by atoms with E-state index in [0.717, 1.165) is 54.0 Å². The number of halogens is 2. The lowest BCUT2D eigenvalue weighted by atomic mass is 9.95. The topological polar surface area (TPSA) is 74.7 Å². The normalized spacial score (nSPS) is 23.1. The van der Waals surface area contributed by atoms with Crippen molar-refractivity contribution in [2.75, 3.05) is 6.54 Å². The van der Waals surface area contributed by atoms with Crippen molar-refractivity contribution in [3.8, 4) is 11.8 Å². The molecule has 1 N–H and O–H groups in total. The number of rotatable bonds is 8. The summed E-state index contributed by atoms with van der Waals surface area (Å²) in [6, 6.07) is 10.1. The van der Waals surface area contributed by atoms with Crippen molar-refractivity contribution in [1.29, 1.82) is 0 Å². The molecule has 1 aromatic heterocycles. The predicted octanol–water partition coefficient (Wildman–Crippen LogP) is 5.11. The van der Waals surface area contributed by atoms with Gasteiger partial charge in [-0.25, -0.2) is 12.8 Å². The summed E-state index contributed by atoms with van der Waals surface area (Å²) < 4.78 is 41.3. The number of allylic oxidation sites excluding steroid dienone is 1. The van der Waals surface area contributed by atoms with E-state index in [4.69, 9.17) is 16.6 Å². The summed E-state index contributed by atoms with van der Waals surface area (Å²) in [4.78, 5) is 11.9. The Morgan fingerprint density at radius 2 is 2.03 bits per heavy atom. The number of benzene rings is 1. The third-order valence-corrected chi connectivity index (χ3v) is 10.9. The molecule has 38 heavy (non-hydrogen) atoms. The molecule has 0 spiro atoms. The highest BCUT2D eigenvalue weighted by atomic mass is 35.5. The summed E-state index contributed by atoms with van der Waals surface area (Å²) in [6.07, 6.45) is 7.45. The predicted molar refractivity (Wildman–Crippen MR) is 150 cm³/mol. The lowest BCUT2D eigenvalue weighted by Crippen LogP contribution is -2.36. The molecule has 2 aromatic rings. The number of pyridine rings is 1. The van der Waals surface area contributed by atoms with Gasteiger partial charge in [-0.2, -0.15) is 4.13 Å². The molecule has 6 rings (SSSR count). The van der Waals surface area contributed by atoms with Crippen LogP contribution in [0.25, 0.3) is 0 Å². The Labute approximate surface area is 232 Å². The second-order valence-corrected chi connectivity index (χ2v) is 14.0. The maximum atomic E-state index is 13.6. The van der Waals surface area contributed by atoms with E-state index < -0.39 is 10.0 Å². The molecule has 2 saturated carbocycles. The van der Waals surface area contributed by atoms with E-state index in [1.54, 1.807) is 12.3 Å². The van der Waals surface area contributed by atoms with Crippen molar-refractivity contribution >= 4 is 39.4 Å². The number of amidine groups is 1. The van der Waals surface area contributed by atoms with Gasteiger partial charge >= 0.3 is 0 Å². The highest BCUT2D eigenvalue weighted by molar-refractivity contribution is 8.09. The minimum absolute atomic E-state index is 0.0236. The fraction of sp³-hybridized carbons (Fsp3) is 0.429. The van der Waals surface area contributed by atoms with Gasteiger partial charge in [0.25, 0.3) is 0 Å². The van der Waals surface area contributed by atoms with Gasteiger partial charge in [0.2, 0.25) is 10.0 Å². The van der Waals surface area contributed by atoms with Crippen molar-refractivity contribution in [1.82, 2.24) is 14.0 Å². The molecule has 0 radical (unpaired) electrons. The van der Waals surface area contributed by atoms with Crippen LogP contribution in [0.4, 0.5) is 4.39 Å². The molecule has 6 nitrogen and oxygen atoms in total. The van der Waals surface area contributed by atoms with Crippen molar-refractivity contribution in [3.05, 3.63) is 76.0 Å². The van der Waals surface area contributed by atoms with Crippen LogP contribution in [0.3, 0.4) is 0 Å². The molecule has 3 fully saturated rings. The zero-order chi connectivity index (χ0) is 26.3. The molecule has 1 aromatic carbocycles. The molecular formula is C28H28ClFN4O2S2. The number of aryl methyl sites for hydroxylation is 1. The Morgan fingerprint density at radius 3 is 2.74 bits per heavy atom. The van der Waals surface area contributed by atoms with E-state index in [2.05, 4.69) is 25.9 Å². The quantitative estimate of drug-likeness (QED) is 0.353. The SMILES string of the molecule is O=S(=O)(NSC1CC2=C(C#CC3CC3)C(CCc3ccc(F)cc3Cl)N=C(c3ccccn3)N2C1)C1CC1. The van der Waals surface area contributed by atoms with Crippen molar-refractivity contribution < 1.29 is 12.8 Å². The number of hydrogen-bond donors (Lipinski definition) is 1. The molecule has 4 aliphatic rings. The van der Waals surface area contributed by atoms with Gasteiger partial charge in [-0.15, -0.1) is 0 Å². The first kappa shape index (κ1) is 25.9. The van der Waals surface area contributed by atoms with Gasteiger partial charge in [0, 0.05) is 46.6 Å². The van der Waals surface area contributed by atoms with E-state index in [1.165, 1.54) is 24.1 Å². The van der Waals surface area contributed by atoms with Gasteiger partial charge in [0.15, 0.2) is 5.84 Å². The molecule has 10 heteroatoms. The second-order valence-electron chi connectivity index (χ2n) is 10.2. The zero-order valence-corrected chi connectivity index (χ0v) is 23.1. The van der Waals surface area contributed by atoms with Crippen LogP contribution < -0.4 is 4.13 Å². The Hall–Kier alpha value is -2.38. The van der Waals surface area contributed by atoms with Gasteiger partial charge in [-0.05, 0) is 68.4 Å². The molecule has 0 amide bonds. The first-order valence-corrected chi connectivity index (χ1v) is 15.8. The summed E-state index contributed by atoms with van der Waals surface area (Å²) in [5.41, 5.74) is 3.72. The van der Waals surface area contributed by atoms with Crippen LogP contribution in [-0.4, -0.2) is 47.2 Å². The Balaban J connectivity index is 1.32. The lowest BCUT2D eigenvalue weighted by molar-refractivity contribution is 0.539. The zero-order valence-electron chi connectivity index (χ0n) is 20.7. The van der Waals surface area contributed by atoms with E-state index in [1.807, 2.05) is 18.2 Å². The molecule has 2 aliphatic carbocycles. The van der Waals surface area contributed by atoms with Crippen molar-refractivity contribution in [3.63, 3.8) is 0 Å². The molecule has 198 valence electrons. The van der Waals surface area contributed by atoms with Gasteiger partial charge < -0.3 is 4.90 Å². The number of nitrogens with zero attached hydrogens (tertiary/aromatic N) is 3. The van der Waals surface area contributed by atoms with Crippen molar-refractivity contribution in [2.24, 2.45) is 10.9 Å². The summed E-state index contributed by atoms with van der Waals surface area (Å²) in [6.45, 7) is 0.619. The highest BCUT2D eigenvalue weighted by Gasteiger charge is 2.40. The van der Waals surface area contributed by atoms with Crippen LogP contribution in [0, 0.1) is 23.6 Å².